The lowest BCUT2D eigenvalue weighted by Gasteiger charge is -2.16. The third-order valence-corrected chi connectivity index (χ3v) is 1.89. The topological polar surface area (TPSA) is 35.5 Å². The molecule has 0 aromatic rings. The van der Waals surface area contributed by atoms with Gasteiger partial charge in [0.25, 0.3) is 0 Å². The predicted molar refractivity (Wildman–Crippen MR) is 44.8 cm³/mol. The van der Waals surface area contributed by atoms with E-state index < -0.39 is 5.79 Å². The van der Waals surface area contributed by atoms with Crippen LogP contribution < -0.4 is 0 Å². The summed E-state index contributed by atoms with van der Waals surface area (Å²) in [7, 11) is 0. The average molecular weight is 172 g/mol. The zero-order valence-electron chi connectivity index (χ0n) is 7.92. The van der Waals surface area contributed by atoms with Crippen LogP contribution in [0.2, 0.25) is 0 Å². The number of hydrogen-bond donors (Lipinski definition) is 0. The van der Waals surface area contributed by atoms with Gasteiger partial charge < -0.3 is 14.3 Å². The van der Waals surface area contributed by atoms with Gasteiger partial charge in [0.1, 0.15) is 5.78 Å². The molecule has 0 aliphatic carbocycles. The summed E-state index contributed by atoms with van der Waals surface area (Å²) < 4.78 is 10.9. The number of Topliss-reactive ketones (excluding diaryl/α,β-unsaturated/α-hetero) is 1. The van der Waals surface area contributed by atoms with Crippen molar-refractivity contribution in [2.75, 3.05) is 6.61 Å². The van der Waals surface area contributed by atoms with Gasteiger partial charge in [-0.25, -0.2) is 0 Å². The Hall–Kier alpha value is -0.410. The van der Waals surface area contributed by atoms with Gasteiger partial charge in [0, 0.05) is 6.42 Å². The number of carbonyl (C=O) groups excluding carboxylic acids is 1. The zero-order chi connectivity index (χ0) is 9.19. The highest BCUT2D eigenvalue weighted by Gasteiger charge is 2.32. The molecule has 0 bridgehead atoms. The van der Waals surface area contributed by atoms with Crippen LogP contribution in [0.3, 0.4) is 0 Å². The van der Waals surface area contributed by atoms with E-state index in [4.69, 9.17) is 9.47 Å². The first-order valence-corrected chi connectivity index (χ1v) is 4.31. The molecule has 3 nitrogen and oxygen atoms in total. The maximum absolute atomic E-state index is 10.7. The number of rotatable bonds is 3. The Morgan fingerprint density at radius 1 is 1.58 bits per heavy atom. The van der Waals surface area contributed by atoms with E-state index in [0.29, 0.717) is 13.0 Å². The zero-order valence-corrected chi connectivity index (χ0v) is 7.92. The second-order valence-electron chi connectivity index (χ2n) is 3.69. The van der Waals surface area contributed by atoms with Crippen molar-refractivity contribution in [3.8, 4) is 0 Å². The first kappa shape index (κ1) is 9.68. The monoisotopic (exact) mass is 172 g/mol. The van der Waals surface area contributed by atoms with Crippen molar-refractivity contribution >= 4 is 5.78 Å². The number of ether oxygens (including phenoxy) is 2. The maximum Gasteiger partial charge on any atom is 0.163 e. The second-order valence-corrected chi connectivity index (χ2v) is 3.69. The molecule has 1 unspecified atom stereocenters. The molecule has 1 saturated heterocycles. The lowest BCUT2D eigenvalue weighted by Crippen LogP contribution is -2.21. The predicted octanol–water partition coefficient (Wildman–Crippen LogP) is 1.51. The van der Waals surface area contributed by atoms with Crippen molar-refractivity contribution in [1.82, 2.24) is 0 Å². The summed E-state index contributed by atoms with van der Waals surface area (Å²) in [5.74, 6) is -0.245. The summed E-state index contributed by atoms with van der Waals surface area (Å²) in [5, 5.41) is 0. The maximum atomic E-state index is 10.7. The molecule has 1 aliphatic heterocycles. The molecule has 0 radical (unpaired) electrons. The van der Waals surface area contributed by atoms with E-state index in [1.54, 1.807) is 6.92 Å². The molecule has 0 spiro atoms. The van der Waals surface area contributed by atoms with Crippen LogP contribution in [0.25, 0.3) is 0 Å². The van der Waals surface area contributed by atoms with Crippen LogP contribution in [0, 0.1) is 0 Å². The van der Waals surface area contributed by atoms with E-state index >= 15 is 0 Å². The lowest BCUT2D eigenvalue weighted by atomic mass is 10.1. The van der Waals surface area contributed by atoms with Crippen molar-refractivity contribution in [1.29, 1.82) is 0 Å². The lowest BCUT2D eigenvalue weighted by molar-refractivity contribution is -0.140. The van der Waals surface area contributed by atoms with Crippen molar-refractivity contribution in [3.05, 3.63) is 0 Å². The summed E-state index contributed by atoms with van der Waals surface area (Å²) in [4.78, 5) is 10.7. The minimum Gasteiger partial charge on any atom is -0.348 e. The number of carbonyl (C=O) groups is 1. The van der Waals surface area contributed by atoms with Crippen molar-refractivity contribution < 1.29 is 14.3 Å². The molecule has 0 aromatic carbocycles. The van der Waals surface area contributed by atoms with Crippen LogP contribution >= 0.6 is 0 Å². The number of ketones is 1. The second kappa shape index (κ2) is 3.54. The van der Waals surface area contributed by atoms with Crippen LogP contribution in [-0.2, 0) is 14.3 Å². The largest absolute Gasteiger partial charge is 0.348 e. The smallest absolute Gasteiger partial charge is 0.163 e. The molecule has 0 saturated carbocycles. The number of hydrogen-bond acceptors (Lipinski definition) is 3. The van der Waals surface area contributed by atoms with E-state index in [9.17, 15) is 4.79 Å². The Morgan fingerprint density at radius 2 is 2.25 bits per heavy atom. The molecular formula is C9H16O3. The van der Waals surface area contributed by atoms with E-state index in [0.717, 1.165) is 6.42 Å². The van der Waals surface area contributed by atoms with E-state index in [1.807, 2.05) is 13.8 Å². The third-order valence-electron chi connectivity index (χ3n) is 1.89. The molecule has 0 N–H and O–H groups in total. The van der Waals surface area contributed by atoms with Gasteiger partial charge in [0.15, 0.2) is 5.79 Å². The van der Waals surface area contributed by atoms with Crippen molar-refractivity contribution in [3.63, 3.8) is 0 Å². The van der Waals surface area contributed by atoms with Crippen molar-refractivity contribution in [2.45, 2.75) is 45.5 Å². The fourth-order valence-electron chi connectivity index (χ4n) is 1.27. The van der Waals surface area contributed by atoms with Gasteiger partial charge in [0.05, 0.1) is 12.7 Å². The standard InChI is InChI=1S/C9H16O3/c1-7(10)4-5-8-6-11-9(2,3)12-8/h8H,4-6H2,1-3H3. The highest BCUT2D eigenvalue weighted by molar-refractivity contribution is 5.75. The molecule has 0 aromatic heterocycles. The Balaban J connectivity index is 2.24. The summed E-state index contributed by atoms with van der Waals surface area (Å²) in [6, 6.07) is 0. The third kappa shape index (κ3) is 2.91. The normalized spacial score (nSPS) is 27.4. The van der Waals surface area contributed by atoms with Gasteiger partial charge in [0.2, 0.25) is 0 Å². The first-order valence-electron chi connectivity index (χ1n) is 4.31. The quantitative estimate of drug-likeness (QED) is 0.647. The van der Waals surface area contributed by atoms with Gasteiger partial charge in [-0.2, -0.15) is 0 Å². The van der Waals surface area contributed by atoms with Crippen LogP contribution in [0.5, 0.6) is 0 Å². The van der Waals surface area contributed by atoms with Gasteiger partial charge >= 0.3 is 0 Å². The van der Waals surface area contributed by atoms with E-state index in [-0.39, 0.29) is 11.9 Å². The van der Waals surface area contributed by atoms with Gasteiger partial charge in [-0.3, -0.25) is 0 Å². The summed E-state index contributed by atoms with van der Waals surface area (Å²) in [5.41, 5.74) is 0. The minimum atomic E-state index is -0.457. The summed E-state index contributed by atoms with van der Waals surface area (Å²) in [6.07, 6.45) is 1.46. The summed E-state index contributed by atoms with van der Waals surface area (Å²) >= 11 is 0. The Labute approximate surface area is 73.0 Å². The molecule has 0 amide bonds. The highest BCUT2D eigenvalue weighted by Crippen LogP contribution is 2.24. The molecule has 1 aliphatic rings. The molecular weight excluding hydrogens is 156 g/mol. The van der Waals surface area contributed by atoms with Gasteiger partial charge in [-0.1, -0.05) is 0 Å². The first-order chi connectivity index (χ1) is 5.49. The Kier molecular flexibility index (Phi) is 2.85. The molecule has 1 fully saturated rings. The molecule has 70 valence electrons. The summed E-state index contributed by atoms with van der Waals surface area (Å²) in [6.45, 7) is 5.99. The Bertz CT molecular complexity index is 175. The highest BCUT2D eigenvalue weighted by atomic mass is 16.7. The average Bonchev–Trinajstić information content (AvgIpc) is 2.26. The molecule has 12 heavy (non-hydrogen) atoms. The van der Waals surface area contributed by atoms with Crippen LogP contribution in [0.4, 0.5) is 0 Å². The molecule has 1 heterocycles. The van der Waals surface area contributed by atoms with E-state index in [1.165, 1.54) is 0 Å². The van der Waals surface area contributed by atoms with Crippen LogP contribution in [0.1, 0.15) is 33.6 Å². The van der Waals surface area contributed by atoms with Crippen LogP contribution in [0.15, 0.2) is 0 Å². The molecule has 1 atom stereocenters. The van der Waals surface area contributed by atoms with Gasteiger partial charge in [-0.05, 0) is 27.2 Å². The fraction of sp³-hybridized carbons (Fsp3) is 0.889. The van der Waals surface area contributed by atoms with Crippen LogP contribution in [-0.4, -0.2) is 24.3 Å². The fourth-order valence-corrected chi connectivity index (χ4v) is 1.27. The minimum absolute atomic E-state index is 0.101. The molecule has 1 rings (SSSR count). The molecule has 3 heteroatoms. The van der Waals surface area contributed by atoms with Gasteiger partial charge in [-0.15, -0.1) is 0 Å². The SMILES string of the molecule is CC(=O)CCC1COC(C)(C)O1. The van der Waals surface area contributed by atoms with E-state index in [2.05, 4.69) is 0 Å². The van der Waals surface area contributed by atoms with Crippen molar-refractivity contribution in [2.24, 2.45) is 0 Å². The Morgan fingerprint density at radius 3 is 2.67 bits per heavy atom.